The van der Waals surface area contributed by atoms with Crippen molar-refractivity contribution in [1.29, 1.82) is 5.26 Å². The maximum absolute atomic E-state index is 11.6. The van der Waals surface area contributed by atoms with Crippen LogP contribution in [0.15, 0.2) is 0 Å². The molecule has 0 heterocycles. The molecule has 96 valence electrons. The van der Waals surface area contributed by atoms with Gasteiger partial charge < -0.3 is 15.3 Å². The maximum atomic E-state index is 11.6. The van der Waals surface area contributed by atoms with Crippen LogP contribution >= 0.6 is 0 Å². The third-order valence-electron chi connectivity index (χ3n) is 2.21. The lowest BCUT2D eigenvalue weighted by molar-refractivity contribution is -0.139. The van der Waals surface area contributed by atoms with Crippen molar-refractivity contribution in [3.05, 3.63) is 0 Å². The molecular weight excluding hydrogens is 222 g/mol. The number of nitrogens with zero attached hydrogens (tertiary/aromatic N) is 2. The fraction of sp³-hybridized carbons (Fsp3) is 0.727. The van der Waals surface area contributed by atoms with Crippen LogP contribution in [-0.4, -0.2) is 41.6 Å². The van der Waals surface area contributed by atoms with Crippen molar-refractivity contribution in [1.82, 2.24) is 10.2 Å². The van der Waals surface area contributed by atoms with Crippen molar-refractivity contribution in [2.75, 3.05) is 13.6 Å². The highest BCUT2D eigenvalue weighted by molar-refractivity contribution is 5.82. The first-order chi connectivity index (χ1) is 7.88. The lowest BCUT2D eigenvalue weighted by Crippen LogP contribution is -2.47. The molecule has 6 nitrogen and oxygen atoms in total. The van der Waals surface area contributed by atoms with Gasteiger partial charge in [-0.3, -0.25) is 0 Å². The van der Waals surface area contributed by atoms with E-state index in [1.807, 2.05) is 19.9 Å². The fourth-order valence-corrected chi connectivity index (χ4v) is 1.27. The van der Waals surface area contributed by atoms with Crippen molar-refractivity contribution in [3.8, 4) is 6.07 Å². The first-order valence-electron chi connectivity index (χ1n) is 5.49. The Labute approximate surface area is 101 Å². The number of nitrogens with one attached hydrogen (secondary N) is 1. The SMILES string of the molecule is CC(C)CC(NC(=O)N(C)CCC#N)C(=O)O. The molecule has 0 aliphatic rings. The zero-order valence-electron chi connectivity index (χ0n) is 10.4. The Hall–Kier alpha value is -1.77. The summed E-state index contributed by atoms with van der Waals surface area (Å²) in [6.07, 6.45) is 0.610. The van der Waals surface area contributed by atoms with Gasteiger partial charge in [0.15, 0.2) is 0 Å². The second-order valence-corrected chi connectivity index (χ2v) is 4.30. The van der Waals surface area contributed by atoms with Gasteiger partial charge in [0.05, 0.1) is 12.5 Å². The number of nitriles is 1. The van der Waals surface area contributed by atoms with Crippen LogP contribution in [0.4, 0.5) is 4.79 Å². The highest BCUT2D eigenvalue weighted by Crippen LogP contribution is 2.05. The quantitative estimate of drug-likeness (QED) is 0.726. The van der Waals surface area contributed by atoms with Crippen molar-refractivity contribution >= 4 is 12.0 Å². The second kappa shape index (κ2) is 7.49. The van der Waals surface area contributed by atoms with E-state index in [9.17, 15) is 9.59 Å². The number of aliphatic carboxylic acids is 1. The average molecular weight is 241 g/mol. The van der Waals surface area contributed by atoms with Crippen LogP contribution in [0.2, 0.25) is 0 Å². The topological polar surface area (TPSA) is 93.4 Å². The number of hydrogen-bond acceptors (Lipinski definition) is 3. The van der Waals surface area contributed by atoms with Crippen molar-refractivity contribution in [2.45, 2.75) is 32.7 Å². The van der Waals surface area contributed by atoms with Crippen LogP contribution in [0.3, 0.4) is 0 Å². The summed E-state index contributed by atoms with van der Waals surface area (Å²) in [5.41, 5.74) is 0. The summed E-state index contributed by atoms with van der Waals surface area (Å²) < 4.78 is 0. The summed E-state index contributed by atoms with van der Waals surface area (Å²) in [5.74, 6) is -0.860. The number of hydrogen-bond donors (Lipinski definition) is 2. The number of carboxylic acids is 1. The monoisotopic (exact) mass is 241 g/mol. The molecule has 17 heavy (non-hydrogen) atoms. The predicted octanol–water partition coefficient (Wildman–Crippen LogP) is 1.04. The van der Waals surface area contributed by atoms with Crippen LogP contribution in [0.5, 0.6) is 0 Å². The van der Waals surface area contributed by atoms with Gasteiger partial charge in [-0.05, 0) is 12.3 Å². The molecule has 0 aliphatic carbocycles. The predicted molar refractivity (Wildman–Crippen MR) is 62.3 cm³/mol. The summed E-state index contributed by atoms with van der Waals surface area (Å²) in [6, 6.07) is 0.577. The molecule has 0 aromatic rings. The van der Waals surface area contributed by atoms with Gasteiger partial charge in [0.2, 0.25) is 0 Å². The molecule has 0 rings (SSSR count). The maximum Gasteiger partial charge on any atom is 0.326 e. The Balaban J connectivity index is 4.30. The average Bonchev–Trinajstić information content (AvgIpc) is 2.23. The van der Waals surface area contributed by atoms with Crippen molar-refractivity contribution < 1.29 is 14.7 Å². The van der Waals surface area contributed by atoms with E-state index in [2.05, 4.69) is 5.32 Å². The molecule has 0 bridgehead atoms. The Morgan fingerprint density at radius 3 is 2.47 bits per heavy atom. The number of amides is 2. The van der Waals surface area contributed by atoms with Crippen molar-refractivity contribution in [3.63, 3.8) is 0 Å². The molecule has 2 amide bonds. The molecule has 6 heteroatoms. The smallest absolute Gasteiger partial charge is 0.326 e. The third-order valence-corrected chi connectivity index (χ3v) is 2.21. The zero-order valence-corrected chi connectivity index (χ0v) is 10.4. The van der Waals surface area contributed by atoms with E-state index < -0.39 is 18.0 Å². The Morgan fingerprint density at radius 2 is 2.06 bits per heavy atom. The fourth-order valence-electron chi connectivity index (χ4n) is 1.27. The number of carboxylic acid groups (broad SMARTS) is 1. The van der Waals surface area contributed by atoms with Gasteiger partial charge in [-0.15, -0.1) is 0 Å². The van der Waals surface area contributed by atoms with Crippen LogP contribution in [0, 0.1) is 17.2 Å². The zero-order chi connectivity index (χ0) is 13.4. The molecule has 2 N–H and O–H groups in total. The molecule has 0 aromatic carbocycles. The Bertz CT molecular complexity index is 310. The molecule has 1 atom stereocenters. The Kier molecular flexibility index (Phi) is 6.71. The molecule has 0 saturated carbocycles. The molecule has 0 fully saturated rings. The van der Waals surface area contributed by atoms with Gasteiger partial charge in [0.25, 0.3) is 0 Å². The summed E-state index contributed by atoms with van der Waals surface area (Å²) in [7, 11) is 1.53. The van der Waals surface area contributed by atoms with Crippen LogP contribution in [0.25, 0.3) is 0 Å². The minimum atomic E-state index is -1.04. The van der Waals surface area contributed by atoms with E-state index in [1.54, 1.807) is 0 Å². The van der Waals surface area contributed by atoms with E-state index in [0.29, 0.717) is 6.42 Å². The van der Waals surface area contributed by atoms with E-state index in [0.717, 1.165) is 0 Å². The van der Waals surface area contributed by atoms with E-state index >= 15 is 0 Å². The summed E-state index contributed by atoms with van der Waals surface area (Å²) in [5, 5.41) is 19.8. The summed E-state index contributed by atoms with van der Waals surface area (Å²) in [6.45, 7) is 4.07. The minimum Gasteiger partial charge on any atom is -0.480 e. The molecule has 0 radical (unpaired) electrons. The molecule has 0 spiro atoms. The van der Waals surface area contributed by atoms with Gasteiger partial charge in [0.1, 0.15) is 6.04 Å². The number of carbonyl (C=O) groups is 2. The van der Waals surface area contributed by atoms with Gasteiger partial charge in [-0.2, -0.15) is 5.26 Å². The molecule has 1 unspecified atom stereocenters. The standard InChI is InChI=1S/C11H19N3O3/c1-8(2)7-9(10(15)16)13-11(17)14(3)6-4-5-12/h8-9H,4,6-7H2,1-3H3,(H,13,17)(H,15,16). The number of urea groups is 1. The van der Waals surface area contributed by atoms with E-state index in [4.69, 9.17) is 10.4 Å². The number of carbonyl (C=O) groups excluding carboxylic acids is 1. The lowest BCUT2D eigenvalue weighted by Gasteiger charge is -2.21. The van der Waals surface area contributed by atoms with Crippen molar-refractivity contribution in [2.24, 2.45) is 5.92 Å². The molecule has 0 saturated heterocycles. The highest BCUT2D eigenvalue weighted by atomic mass is 16.4. The van der Waals surface area contributed by atoms with Crippen LogP contribution < -0.4 is 5.32 Å². The highest BCUT2D eigenvalue weighted by Gasteiger charge is 2.22. The van der Waals surface area contributed by atoms with Gasteiger partial charge in [-0.25, -0.2) is 9.59 Å². The minimum absolute atomic E-state index is 0.181. The lowest BCUT2D eigenvalue weighted by atomic mass is 10.0. The summed E-state index contributed by atoms with van der Waals surface area (Å²) >= 11 is 0. The number of rotatable bonds is 6. The first-order valence-corrected chi connectivity index (χ1v) is 5.49. The first kappa shape index (κ1) is 15.2. The normalized spacial score (nSPS) is 11.7. The third kappa shape index (κ3) is 6.40. The summed E-state index contributed by atoms with van der Waals surface area (Å²) in [4.78, 5) is 23.8. The molecule has 0 aliphatic heterocycles. The molecule has 0 aromatic heterocycles. The Morgan fingerprint density at radius 1 is 1.47 bits per heavy atom. The molecular formula is C11H19N3O3. The van der Waals surface area contributed by atoms with Gasteiger partial charge >= 0.3 is 12.0 Å². The van der Waals surface area contributed by atoms with Crippen LogP contribution in [-0.2, 0) is 4.79 Å². The van der Waals surface area contributed by atoms with Gasteiger partial charge in [-0.1, -0.05) is 13.8 Å². The largest absolute Gasteiger partial charge is 0.480 e. The second-order valence-electron chi connectivity index (χ2n) is 4.30. The van der Waals surface area contributed by atoms with Gasteiger partial charge in [0, 0.05) is 13.6 Å². The van der Waals surface area contributed by atoms with Crippen LogP contribution in [0.1, 0.15) is 26.7 Å². The van der Waals surface area contributed by atoms with E-state index in [-0.39, 0.29) is 18.9 Å². The van der Waals surface area contributed by atoms with E-state index in [1.165, 1.54) is 11.9 Å².